The minimum atomic E-state index is -4.81. The summed E-state index contributed by atoms with van der Waals surface area (Å²) in [6.45, 7) is 11.3. The highest BCUT2D eigenvalue weighted by Crippen LogP contribution is 2.39. The van der Waals surface area contributed by atoms with E-state index in [0.29, 0.717) is 24.0 Å². The largest absolute Gasteiger partial charge is 0.489 e. The zero-order chi connectivity index (χ0) is 31.0. The van der Waals surface area contributed by atoms with Crippen LogP contribution in [0.5, 0.6) is 11.5 Å². The number of carbonyl (C=O) groups excluding carboxylic acids is 2. The zero-order valence-electron chi connectivity index (χ0n) is 24.1. The second-order valence-electron chi connectivity index (χ2n) is 9.23. The number of hydrogen-bond acceptors (Lipinski definition) is 10. The van der Waals surface area contributed by atoms with Crippen molar-refractivity contribution < 1.29 is 51.0 Å². The molecule has 0 aromatic heterocycles. The Kier molecular flexibility index (Phi) is 15.0. The molecule has 0 aliphatic heterocycles. The molecule has 0 fully saturated rings. The second-order valence-corrected chi connectivity index (χ2v) is 10.6. The van der Waals surface area contributed by atoms with Crippen molar-refractivity contribution in [3.63, 3.8) is 0 Å². The molecule has 0 saturated carbocycles. The van der Waals surface area contributed by atoms with Crippen molar-refractivity contribution in [2.45, 2.75) is 56.6 Å². The molecular weight excluding hydrogens is 568 g/mol. The van der Waals surface area contributed by atoms with Crippen LogP contribution in [0.2, 0.25) is 0 Å². The molecule has 2 atom stereocenters. The van der Waals surface area contributed by atoms with Crippen LogP contribution in [0.15, 0.2) is 60.5 Å². The van der Waals surface area contributed by atoms with Gasteiger partial charge in [0.15, 0.2) is 12.2 Å². The van der Waals surface area contributed by atoms with Gasteiger partial charge >= 0.3 is 11.9 Å². The maximum Gasteiger partial charge on any atom is 0.330 e. The van der Waals surface area contributed by atoms with E-state index >= 15 is 0 Å². The van der Waals surface area contributed by atoms with E-state index in [1.165, 1.54) is 0 Å². The van der Waals surface area contributed by atoms with Gasteiger partial charge in [0.2, 0.25) is 0 Å². The molecule has 2 unspecified atom stereocenters. The van der Waals surface area contributed by atoms with Gasteiger partial charge in [-0.2, -0.15) is 8.42 Å². The number of fused-ring (bicyclic) bond motifs is 1. The van der Waals surface area contributed by atoms with E-state index in [2.05, 4.69) is 13.2 Å². The van der Waals surface area contributed by atoms with Crippen LogP contribution in [0.4, 0.5) is 0 Å². The molecule has 0 spiro atoms. The molecule has 1 N–H and O–H groups in total. The van der Waals surface area contributed by atoms with Gasteiger partial charge in [-0.25, -0.2) is 9.59 Å². The van der Waals surface area contributed by atoms with E-state index < -0.39 is 39.2 Å². The number of benzene rings is 2. The van der Waals surface area contributed by atoms with Gasteiger partial charge in [0, 0.05) is 42.2 Å². The first-order valence-corrected chi connectivity index (χ1v) is 15.2. The second kappa shape index (κ2) is 18.2. The Labute approximate surface area is 247 Å². The van der Waals surface area contributed by atoms with Gasteiger partial charge in [0.1, 0.15) is 29.6 Å². The molecule has 0 amide bonds. The molecule has 2 aromatic carbocycles. The Balaban J connectivity index is 2.38. The molecule has 2 rings (SSSR count). The SMILES string of the molecule is C=CC(=O)OC(COCCCC)COc1cc(S(=O)(=O)O)c(OCC(COCCCC)OC(=O)C=C)c2ccccc12. The fraction of sp³-hybridized carbons (Fsp3) is 0.467. The van der Waals surface area contributed by atoms with Gasteiger partial charge in [-0.15, -0.1) is 0 Å². The first-order chi connectivity index (χ1) is 20.1. The minimum absolute atomic E-state index is 0.00502. The highest BCUT2D eigenvalue weighted by atomic mass is 32.2. The average molecular weight is 609 g/mol. The molecule has 12 heteroatoms. The third-order valence-corrected chi connectivity index (χ3v) is 6.69. The van der Waals surface area contributed by atoms with Crippen LogP contribution in [0.3, 0.4) is 0 Å². The van der Waals surface area contributed by atoms with Crippen molar-refractivity contribution in [3.8, 4) is 11.5 Å². The van der Waals surface area contributed by atoms with Gasteiger partial charge in [-0.1, -0.05) is 64.1 Å². The lowest BCUT2D eigenvalue weighted by atomic mass is 10.1. The molecule has 2 aromatic rings. The standard InChI is InChI=1S/C30H40O11S/c1-5-9-15-36-18-22(40-28(31)7-3)20-38-26-17-27(42(33,34)35)30(25-14-12-11-13-24(25)26)39-21-23(41-29(32)8-4)19-37-16-10-6-2/h7-8,11-14,17,22-23H,3-6,9-10,15-16,18-21H2,1-2H3,(H,33,34,35). The van der Waals surface area contributed by atoms with Crippen LogP contribution < -0.4 is 9.47 Å². The highest BCUT2D eigenvalue weighted by molar-refractivity contribution is 7.86. The molecule has 0 aliphatic rings. The van der Waals surface area contributed by atoms with Crippen molar-refractivity contribution >= 4 is 32.8 Å². The van der Waals surface area contributed by atoms with Crippen molar-refractivity contribution in [2.24, 2.45) is 0 Å². The molecule has 11 nitrogen and oxygen atoms in total. The number of rotatable bonds is 21. The summed E-state index contributed by atoms with van der Waals surface area (Å²) in [5.41, 5.74) is 0. The molecule has 0 saturated heterocycles. The van der Waals surface area contributed by atoms with Crippen LogP contribution in [0, 0.1) is 0 Å². The first-order valence-electron chi connectivity index (χ1n) is 13.7. The van der Waals surface area contributed by atoms with Crippen LogP contribution in [-0.4, -0.2) is 76.8 Å². The van der Waals surface area contributed by atoms with E-state index in [-0.39, 0.29) is 37.9 Å². The Hall–Kier alpha value is -3.45. The fourth-order valence-corrected chi connectivity index (χ4v) is 4.35. The maximum atomic E-state index is 12.5. The van der Waals surface area contributed by atoms with Gasteiger partial charge in [-0.05, 0) is 12.8 Å². The summed E-state index contributed by atoms with van der Waals surface area (Å²) in [7, 11) is -4.81. The van der Waals surface area contributed by atoms with Crippen LogP contribution in [0.1, 0.15) is 39.5 Å². The number of hydrogen-bond donors (Lipinski definition) is 1. The molecule has 232 valence electrons. The summed E-state index contributed by atoms with van der Waals surface area (Å²) in [6.07, 6.45) is 3.79. The molecule has 0 aliphatic carbocycles. The topological polar surface area (TPSA) is 144 Å². The lowest BCUT2D eigenvalue weighted by molar-refractivity contribution is -0.148. The molecule has 0 heterocycles. The molecule has 42 heavy (non-hydrogen) atoms. The monoisotopic (exact) mass is 608 g/mol. The Bertz CT molecular complexity index is 1290. The van der Waals surface area contributed by atoms with Crippen molar-refractivity contribution in [2.75, 3.05) is 39.6 Å². The third-order valence-electron chi connectivity index (χ3n) is 5.83. The highest BCUT2D eigenvalue weighted by Gasteiger charge is 2.25. The normalized spacial score (nSPS) is 12.7. The smallest absolute Gasteiger partial charge is 0.330 e. The zero-order valence-corrected chi connectivity index (χ0v) is 24.9. The van der Waals surface area contributed by atoms with Crippen LogP contribution in [0.25, 0.3) is 10.8 Å². The van der Waals surface area contributed by atoms with Gasteiger partial charge in [0.25, 0.3) is 10.1 Å². The number of ether oxygens (including phenoxy) is 6. The van der Waals surface area contributed by atoms with E-state index in [1.54, 1.807) is 24.3 Å². The summed E-state index contributed by atoms with van der Waals surface area (Å²) in [5.74, 6) is -1.43. The van der Waals surface area contributed by atoms with E-state index in [0.717, 1.165) is 43.9 Å². The number of esters is 2. The van der Waals surface area contributed by atoms with E-state index in [4.69, 9.17) is 28.4 Å². The predicted octanol–water partition coefficient (Wildman–Crippen LogP) is 4.67. The van der Waals surface area contributed by atoms with Crippen molar-refractivity contribution in [3.05, 3.63) is 55.6 Å². The predicted molar refractivity (Wildman–Crippen MR) is 156 cm³/mol. The minimum Gasteiger partial charge on any atom is -0.489 e. The van der Waals surface area contributed by atoms with Gasteiger partial charge < -0.3 is 28.4 Å². The Morgan fingerprint density at radius 2 is 1.33 bits per heavy atom. The lowest BCUT2D eigenvalue weighted by Crippen LogP contribution is -2.30. The fourth-order valence-electron chi connectivity index (χ4n) is 3.69. The number of carbonyl (C=O) groups is 2. The summed E-state index contributed by atoms with van der Waals surface area (Å²) < 4.78 is 68.7. The molecule has 0 radical (unpaired) electrons. The third kappa shape index (κ3) is 11.4. The quantitative estimate of drug-likeness (QED) is 0.0913. The van der Waals surface area contributed by atoms with E-state index in [9.17, 15) is 22.6 Å². The Morgan fingerprint density at radius 1 is 0.833 bits per heavy atom. The summed E-state index contributed by atoms with van der Waals surface area (Å²) in [5, 5.41) is 0.765. The van der Waals surface area contributed by atoms with Crippen molar-refractivity contribution in [1.82, 2.24) is 0 Å². The van der Waals surface area contributed by atoms with Gasteiger partial charge in [0.05, 0.1) is 13.2 Å². The average Bonchev–Trinajstić information content (AvgIpc) is 2.97. The lowest BCUT2D eigenvalue weighted by Gasteiger charge is -2.22. The van der Waals surface area contributed by atoms with Crippen LogP contribution >= 0.6 is 0 Å². The van der Waals surface area contributed by atoms with Crippen molar-refractivity contribution in [1.29, 1.82) is 0 Å². The molecule has 0 bridgehead atoms. The first kappa shape index (κ1) is 34.7. The van der Waals surface area contributed by atoms with E-state index in [1.807, 2.05) is 13.8 Å². The summed E-state index contributed by atoms with van der Waals surface area (Å²) in [4.78, 5) is 23.2. The maximum absolute atomic E-state index is 12.5. The number of unbranched alkanes of at least 4 members (excludes halogenated alkanes) is 2. The summed E-state index contributed by atoms with van der Waals surface area (Å²) in [6, 6.07) is 7.77. The van der Waals surface area contributed by atoms with Crippen LogP contribution in [-0.2, 0) is 38.7 Å². The van der Waals surface area contributed by atoms with Gasteiger partial charge in [-0.3, -0.25) is 4.55 Å². The summed E-state index contributed by atoms with van der Waals surface area (Å²) >= 11 is 0. The molecular formula is C30H40O11S. The Morgan fingerprint density at radius 3 is 1.81 bits per heavy atom.